The molecule has 0 atom stereocenters. The van der Waals surface area contributed by atoms with E-state index < -0.39 is 35.5 Å². The van der Waals surface area contributed by atoms with Gasteiger partial charge >= 0.3 is 6.18 Å². The molecule has 8 heteroatoms. The SMILES string of the molecule is O=C(CN=C(c1cc(Cl)ccc1O)C(F)(F)F)c1ccccc1O. The number of nitrogens with zero attached hydrogens (tertiary/aromatic N) is 1. The van der Waals surface area contributed by atoms with E-state index in [2.05, 4.69) is 4.99 Å². The minimum atomic E-state index is -4.90. The van der Waals surface area contributed by atoms with Crippen LogP contribution in [0.25, 0.3) is 0 Å². The summed E-state index contributed by atoms with van der Waals surface area (Å²) >= 11 is 5.66. The Morgan fingerprint density at radius 1 is 1.04 bits per heavy atom. The van der Waals surface area contributed by atoms with Crippen molar-refractivity contribution < 1.29 is 28.2 Å². The molecule has 24 heavy (non-hydrogen) atoms. The summed E-state index contributed by atoms with van der Waals surface area (Å²) < 4.78 is 39.6. The molecule has 0 aliphatic heterocycles. The topological polar surface area (TPSA) is 69.9 Å². The Bertz CT molecular complexity index is 803. The van der Waals surface area contributed by atoms with Gasteiger partial charge in [0.05, 0.1) is 5.56 Å². The van der Waals surface area contributed by atoms with Crippen molar-refractivity contribution in [2.24, 2.45) is 4.99 Å². The van der Waals surface area contributed by atoms with Gasteiger partial charge < -0.3 is 10.2 Å². The van der Waals surface area contributed by atoms with Crippen LogP contribution in [0.3, 0.4) is 0 Å². The highest BCUT2D eigenvalue weighted by Crippen LogP contribution is 2.30. The average Bonchev–Trinajstić information content (AvgIpc) is 2.49. The lowest BCUT2D eigenvalue weighted by molar-refractivity contribution is -0.0582. The third-order valence-electron chi connectivity index (χ3n) is 3.07. The number of benzene rings is 2. The number of para-hydroxylation sites is 1. The van der Waals surface area contributed by atoms with Gasteiger partial charge in [-0.2, -0.15) is 13.2 Å². The Morgan fingerprint density at radius 2 is 1.67 bits per heavy atom. The lowest BCUT2D eigenvalue weighted by Crippen LogP contribution is -2.25. The molecule has 0 saturated carbocycles. The van der Waals surface area contributed by atoms with Crippen LogP contribution in [-0.2, 0) is 0 Å². The standard InChI is InChI=1S/C16H11ClF3NO3/c17-9-5-6-13(23)11(7-9)15(16(18,19)20)21-8-14(24)10-3-1-2-4-12(10)22/h1-7,22-23H,8H2. The number of phenols is 2. The summed E-state index contributed by atoms with van der Waals surface area (Å²) in [4.78, 5) is 15.3. The van der Waals surface area contributed by atoms with Crippen molar-refractivity contribution in [3.8, 4) is 11.5 Å². The second kappa shape index (κ2) is 6.92. The largest absolute Gasteiger partial charge is 0.507 e. The smallest absolute Gasteiger partial charge is 0.433 e. The monoisotopic (exact) mass is 357 g/mol. The number of hydrogen-bond donors (Lipinski definition) is 2. The number of alkyl halides is 3. The van der Waals surface area contributed by atoms with E-state index in [1.165, 1.54) is 30.3 Å². The highest BCUT2D eigenvalue weighted by Gasteiger charge is 2.38. The van der Waals surface area contributed by atoms with E-state index >= 15 is 0 Å². The van der Waals surface area contributed by atoms with Crippen LogP contribution < -0.4 is 0 Å². The molecule has 0 bridgehead atoms. The number of rotatable bonds is 4. The number of ketones is 1. The first-order valence-corrected chi connectivity index (χ1v) is 6.99. The van der Waals surface area contributed by atoms with Gasteiger partial charge in [-0.15, -0.1) is 0 Å². The predicted molar refractivity (Wildman–Crippen MR) is 83.0 cm³/mol. The van der Waals surface area contributed by atoms with E-state index in [4.69, 9.17) is 11.6 Å². The van der Waals surface area contributed by atoms with Gasteiger partial charge in [-0.05, 0) is 30.3 Å². The Hall–Kier alpha value is -2.54. The van der Waals surface area contributed by atoms with E-state index in [0.717, 1.165) is 12.1 Å². The number of phenolic OH excluding ortho intramolecular Hbond substituents is 2. The van der Waals surface area contributed by atoms with Crippen LogP contribution in [0, 0.1) is 0 Å². The minimum absolute atomic E-state index is 0.0215. The minimum Gasteiger partial charge on any atom is -0.507 e. The second-order valence-corrected chi connectivity index (χ2v) is 5.20. The molecule has 2 aromatic rings. The third kappa shape index (κ3) is 4.05. The highest BCUT2D eigenvalue weighted by molar-refractivity contribution is 6.31. The summed E-state index contributed by atoms with van der Waals surface area (Å²) in [5.41, 5.74) is -2.19. The number of Topliss-reactive ketones (excluding diaryl/α,β-unsaturated/α-hetero) is 1. The van der Waals surface area contributed by atoms with Crippen LogP contribution in [0.15, 0.2) is 47.5 Å². The van der Waals surface area contributed by atoms with Crippen molar-refractivity contribution in [2.45, 2.75) is 6.18 Å². The van der Waals surface area contributed by atoms with Crippen LogP contribution in [0.5, 0.6) is 11.5 Å². The van der Waals surface area contributed by atoms with Crippen LogP contribution >= 0.6 is 11.6 Å². The van der Waals surface area contributed by atoms with Crippen LogP contribution in [0.2, 0.25) is 5.02 Å². The molecule has 0 aliphatic carbocycles. The van der Waals surface area contributed by atoms with Gasteiger partial charge in [0.1, 0.15) is 18.0 Å². The normalized spacial score (nSPS) is 12.2. The molecule has 0 spiro atoms. The van der Waals surface area contributed by atoms with E-state index in [1.54, 1.807) is 0 Å². The number of hydrogen-bond acceptors (Lipinski definition) is 4. The first-order chi connectivity index (χ1) is 11.2. The van der Waals surface area contributed by atoms with Gasteiger partial charge in [0, 0.05) is 10.6 Å². The van der Waals surface area contributed by atoms with E-state index in [1.807, 2.05) is 0 Å². The van der Waals surface area contributed by atoms with Gasteiger partial charge in [0.25, 0.3) is 0 Å². The van der Waals surface area contributed by atoms with Crippen molar-refractivity contribution in [1.82, 2.24) is 0 Å². The Labute approximate surface area is 139 Å². The molecule has 0 aliphatic rings. The molecule has 2 N–H and O–H groups in total. The van der Waals surface area contributed by atoms with E-state index in [-0.39, 0.29) is 16.3 Å². The number of aromatic hydroxyl groups is 2. The molecule has 0 saturated heterocycles. The van der Waals surface area contributed by atoms with Crippen LogP contribution in [-0.4, -0.2) is 34.4 Å². The van der Waals surface area contributed by atoms with Gasteiger partial charge in [-0.25, -0.2) is 0 Å². The molecule has 4 nitrogen and oxygen atoms in total. The lowest BCUT2D eigenvalue weighted by Gasteiger charge is -2.12. The van der Waals surface area contributed by atoms with E-state index in [9.17, 15) is 28.2 Å². The maximum absolute atomic E-state index is 13.2. The van der Waals surface area contributed by atoms with Gasteiger partial charge in [0.15, 0.2) is 11.5 Å². The first kappa shape index (κ1) is 17.8. The zero-order valence-corrected chi connectivity index (χ0v) is 12.8. The fourth-order valence-corrected chi connectivity index (χ4v) is 2.14. The molecule has 0 amide bonds. The van der Waals surface area contributed by atoms with Gasteiger partial charge in [-0.3, -0.25) is 9.79 Å². The highest BCUT2D eigenvalue weighted by atomic mass is 35.5. The molecule has 2 aromatic carbocycles. The summed E-state index contributed by atoms with van der Waals surface area (Å²) in [6.07, 6.45) is -4.90. The van der Waals surface area contributed by atoms with Crippen LogP contribution in [0.4, 0.5) is 13.2 Å². The molecule has 0 radical (unpaired) electrons. The molecule has 126 valence electrons. The molecule has 0 unspecified atom stereocenters. The van der Waals surface area contributed by atoms with Gasteiger partial charge in [-0.1, -0.05) is 23.7 Å². The molecular weight excluding hydrogens is 347 g/mol. The van der Waals surface area contributed by atoms with Crippen molar-refractivity contribution in [3.63, 3.8) is 0 Å². The fourth-order valence-electron chi connectivity index (χ4n) is 1.97. The Balaban J connectivity index is 2.39. The molecular formula is C16H11ClF3NO3. The Kier molecular flexibility index (Phi) is 5.14. The quantitative estimate of drug-likeness (QED) is 0.642. The van der Waals surface area contributed by atoms with Crippen molar-refractivity contribution in [1.29, 1.82) is 0 Å². The second-order valence-electron chi connectivity index (χ2n) is 4.76. The number of aliphatic imine (C=N–C) groups is 1. The molecule has 0 fully saturated rings. The fraction of sp³-hybridized carbons (Fsp3) is 0.125. The zero-order valence-electron chi connectivity index (χ0n) is 12.0. The van der Waals surface area contributed by atoms with Crippen LogP contribution in [0.1, 0.15) is 15.9 Å². The van der Waals surface area contributed by atoms with Gasteiger partial charge in [0.2, 0.25) is 0 Å². The maximum atomic E-state index is 13.2. The third-order valence-corrected chi connectivity index (χ3v) is 3.30. The number of halogens is 4. The Morgan fingerprint density at radius 3 is 2.29 bits per heavy atom. The number of carbonyl (C=O) groups is 1. The number of carbonyl (C=O) groups excluding carboxylic acids is 1. The maximum Gasteiger partial charge on any atom is 0.433 e. The molecule has 0 aromatic heterocycles. The summed E-state index contributed by atoms with van der Waals surface area (Å²) in [6, 6.07) is 8.59. The summed E-state index contributed by atoms with van der Waals surface area (Å²) in [7, 11) is 0. The van der Waals surface area contributed by atoms with Crippen molar-refractivity contribution in [2.75, 3.05) is 6.54 Å². The van der Waals surface area contributed by atoms with E-state index in [0.29, 0.717) is 0 Å². The molecule has 2 rings (SSSR count). The predicted octanol–water partition coefficient (Wildman–Crippen LogP) is 3.99. The first-order valence-electron chi connectivity index (χ1n) is 6.62. The van der Waals surface area contributed by atoms with Crippen molar-refractivity contribution in [3.05, 3.63) is 58.6 Å². The lowest BCUT2D eigenvalue weighted by atomic mass is 10.1. The summed E-state index contributed by atoms with van der Waals surface area (Å²) in [5.74, 6) is -1.81. The zero-order chi connectivity index (χ0) is 17.9. The summed E-state index contributed by atoms with van der Waals surface area (Å²) in [5, 5.41) is 19.2. The average molecular weight is 358 g/mol. The summed E-state index contributed by atoms with van der Waals surface area (Å²) in [6.45, 7) is -0.849. The molecule has 0 heterocycles. The van der Waals surface area contributed by atoms with Crippen molar-refractivity contribution >= 4 is 23.1 Å².